The van der Waals surface area contributed by atoms with Gasteiger partial charge in [-0.25, -0.2) is 5.84 Å². The summed E-state index contributed by atoms with van der Waals surface area (Å²) in [6.45, 7) is 12.3. The normalized spacial score (nSPS) is 20.4. The zero-order valence-corrected chi connectivity index (χ0v) is 13.7. The smallest absolute Gasteiger partial charge is 0.0826 e. The largest absolute Gasteiger partial charge is 0.396 e. The lowest BCUT2D eigenvalue weighted by atomic mass is 9.97. The third-order valence-corrected chi connectivity index (χ3v) is 3.34. The molecule has 2 rings (SSSR count). The monoisotopic (exact) mass is 298 g/mol. The lowest BCUT2D eigenvalue weighted by molar-refractivity contribution is 0.506. The van der Waals surface area contributed by atoms with Gasteiger partial charge in [0.25, 0.3) is 0 Å². The molecule has 1 aromatic rings. The van der Waals surface area contributed by atoms with E-state index in [1.807, 2.05) is 32.0 Å². The van der Waals surface area contributed by atoms with Gasteiger partial charge >= 0.3 is 0 Å². The summed E-state index contributed by atoms with van der Waals surface area (Å²) in [7, 11) is 1.78. The molecule has 0 amide bonds. The van der Waals surface area contributed by atoms with Crippen LogP contribution in [-0.2, 0) is 6.54 Å². The fraction of sp³-hybridized carbons (Fsp3) is 0.222. The maximum absolute atomic E-state index is 6.33. The second-order valence-electron chi connectivity index (χ2n) is 4.62. The Hall–Kier alpha value is -2.46. The van der Waals surface area contributed by atoms with Crippen LogP contribution in [-0.4, -0.2) is 12.1 Å². The molecule has 22 heavy (non-hydrogen) atoms. The first kappa shape index (κ1) is 17.6. The second kappa shape index (κ2) is 8.10. The Kier molecular flexibility index (Phi) is 6.47. The number of hydrogen-bond donors (Lipinski definition) is 3. The van der Waals surface area contributed by atoms with E-state index >= 15 is 0 Å². The Morgan fingerprint density at radius 1 is 1.18 bits per heavy atom. The molecule has 118 valence electrons. The van der Waals surface area contributed by atoms with Gasteiger partial charge in [0, 0.05) is 30.4 Å². The van der Waals surface area contributed by atoms with Gasteiger partial charge in [0.15, 0.2) is 0 Å². The summed E-state index contributed by atoms with van der Waals surface area (Å²) in [6, 6.07) is 8.04. The topological polar surface area (TPSA) is 67.3 Å². The molecule has 1 aromatic carbocycles. The van der Waals surface area contributed by atoms with Crippen LogP contribution in [0.4, 0.5) is 0 Å². The summed E-state index contributed by atoms with van der Waals surface area (Å²) in [4.78, 5) is 0. The Morgan fingerprint density at radius 2 is 1.82 bits per heavy atom. The molecule has 4 heteroatoms. The molecule has 0 saturated heterocycles. The predicted molar refractivity (Wildman–Crippen MR) is 95.1 cm³/mol. The van der Waals surface area contributed by atoms with Crippen molar-refractivity contribution in [2.24, 2.45) is 11.6 Å². The third kappa shape index (κ3) is 3.40. The Bertz CT molecular complexity index is 609. The predicted octanol–water partition coefficient (Wildman–Crippen LogP) is 2.87. The summed E-state index contributed by atoms with van der Waals surface area (Å²) in [5, 5.41) is 4.88. The van der Waals surface area contributed by atoms with Crippen molar-refractivity contribution in [3.8, 4) is 0 Å². The van der Waals surface area contributed by atoms with Crippen LogP contribution in [0.2, 0.25) is 0 Å². The molecule has 0 spiro atoms. The van der Waals surface area contributed by atoms with Crippen LogP contribution in [0, 0.1) is 0 Å². The molecule has 0 atom stereocenters. The highest BCUT2D eigenvalue weighted by molar-refractivity contribution is 5.74. The quantitative estimate of drug-likeness (QED) is 0.593. The molecule has 0 radical (unpaired) electrons. The molecule has 0 unspecified atom stereocenters. The van der Waals surface area contributed by atoms with E-state index in [0.29, 0.717) is 12.2 Å². The highest BCUT2D eigenvalue weighted by atomic mass is 15.4. The number of nitrogens with two attached hydrogens (primary N) is 2. The zero-order valence-electron chi connectivity index (χ0n) is 13.7. The highest BCUT2D eigenvalue weighted by Crippen LogP contribution is 2.28. The number of nitrogens with one attached hydrogen (secondary N) is 1. The van der Waals surface area contributed by atoms with Crippen LogP contribution in [0.15, 0.2) is 66.5 Å². The molecule has 5 N–H and O–H groups in total. The molecule has 1 aliphatic rings. The van der Waals surface area contributed by atoms with Crippen LogP contribution >= 0.6 is 0 Å². The number of nitrogens with zero attached hydrogens (tertiary/aromatic N) is 1. The number of benzene rings is 1. The summed E-state index contributed by atoms with van der Waals surface area (Å²) < 4.78 is 0. The Balaban J connectivity index is 0.00000116. The van der Waals surface area contributed by atoms with Crippen LogP contribution in [0.3, 0.4) is 0 Å². The van der Waals surface area contributed by atoms with Crippen molar-refractivity contribution in [1.29, 1.82) is 0 Å². The van der Waals surface area contributed by atoms with E-state index < -0.39 is 0 Å². The van der Waals surface area contributed by atoms with Crippen molar-refractivity contribution in [3.63, 3.8) is 0 Å². The number of fused-ring (bicyclic) bond motifs is 1. The van der Waals surface area contributed by atoms with Crippen molar-refractivity contribution in [2.45, 2.75) is 20.4 Å². The molecule has 0 aliphatic carbocycles. The minimum atomic E-state index is 0.583. The van der Waals surface area contributed by atoms with E-state index in [1.54, 1.807) is 24.2 Å². The van der Waals surface area contributed by atoms with Crippen LogP contribution in [0.25, 0.3) is 5.70 Å². The molecule has 0 bridgehead atoms. The van der Waals surface area contributed by atoms with E-state index in [9.17, 15) is 0 Å². The Labute approximate surface area is 133 Å². The molecular formula is C18H26N4. The van der Waals surface area contributed by atoms with Gasteiger partial charge in [0.2, 0.25) is 0 Å². The SMILES string of the molecule is C=C/C1=C(C=C)/C(N)=C(/N(C)N)c2ccccc2CN1.CC. The van der Waals surface area contributed by atoms with Crippen LogP contribution in [0.1, 0.15) is 25.0 Å². The van der Waals surface area contributed by atoms with Crippen molar-refractivity contribution in [3.05, 3.63) is 77.7 Å². The number of hydrazine groups is 1. The third-order valence-electron chi connectivity index (χ3n) is 3.34. The fourth-order valence-corrected chi connectivity index (χ4v) is 2.39. The molecule has 1 aliphatic heterocycles. The molecular weight excluding hydrogens is 272 g/mol. The lowest BCUT2D eigenvalue weighted by Crippen LogP contribution is -2.30. The average molecular weight is 298 g/mol. The molecule has 4 nitrogen and oxygen atoms in total. The first-order valence-corrected chi connectivity index (χ1v) is 7.40. The Morgan fingerprint density at radius 3 is 2.36 bits per heavy atom. The van der Waals surface area contributed by atoms with Crippen LogP contribution in [0.5, 0.6) is 0 Å². The molecule has 1 heterocycles. The van der Waals surface area contributed by atoms with Gasteiger partial charge in [-0.05, 0) is 11.6 Å². The number of allylic oxidation sites excluding steroid dienone is 2. The van der Waals surface area contributed by atoms with Gasteiger partial charge in [0.05, 0.1) is 11.4 Å². The van der Waals surface area contributed by atoms with E-state index in [0.717, 1.165) is 28.1 Å². The summed E-state index contributed by atoms with van der Waals surface area (Å²) >= 11 is 0. The molecule has 0 saturated carbocycles. The average Bonchev–Trinajstić information content (AvgIpc) is 2.52. The maximum atomic E-state index is 6.33. The van der Waals surface area contributed by atoms with Crippen molar-refractivity contribution in [2.75, 3.05) is 7.05 Å². The van der Waals surface area contributed by atoms with Crippen LogP contribution < -0.4 is 16.9 Å². The fourth-order valence-electron chi connectivity index (χ4n) is 2.39. The van der Waals surface area contributed by atoms with Gasteiger partial charge in [-0.3, -0.25) is 0 Å². The van der Waals surface area contributed by atoms with E-state index in [2.05, 4.69) is 24.5 Å². The summed E-state index contributed by atoms with van der Waals surface area (Å²) in [6.07, 6.45) is 3.46. The zero-order chi connectivity index (χ0) is 16.7. The first-order valence-electron chi connectivity index (χ1n) is 7.40. The van der Waals surface area contributed by atoms with Gasteiger partial charge < -0.3 is 16.1 Å². The minimum absolute atomic E-state index is 0.583. The van der Waals surface area contributed by atoms with Gasteiger partial charge in [-0.15, -0.1) is 0 Å². The van der Waals surface area contributed by atoms with E-state index in [4.69, 9.17) is 11.6 Å². The summed E-state index contributed by atoms with van der Waals surface area (Å²) in [5.74, 6) is 5.99. The first-order chi connectivity index (χ1) is 10.6. The number of hydrogen-bond acceptors (Lipinski definition) is 4. The van der Waals surface area contributed by atoms with Gasteiger partial charge in [0.1, 0.15) is 0 Å². The lowest BCUT2D eigenvalue weighted by Gasteiger charge is -2.26. The van der Waals surface area contributed by atoms with Crippen molar-refractivity contribution in [1.82, 2.24) is 10.3 Å². The minimum Gasteiger partial charge on any atom is -0.396 e. The second-order valence-corrected chi connectivity index (χ2v) is 4.62. The number of rotatable bonds is 3. The van der Waals surface area contributed by atoms with E-state index in [1.165, 1.54) is 0 Å². The molecule has 0 fully saturated rings. The standard InChI is InChI=1S/C16H20N4.C2H6/c1-4-12-14(5-2)19-10-11-8-6-7-9-13(11)16(15(12)17)20(3)18;1-2/h4-9,19H,1-2,10,17-18H2,3H3;1-2H3/b14-12-,16-15-;. The maximum Gasteiger partial charge on any atom is 0.0826 e. The highest BCUT2D eigenvalue weighted by Gasteiger charge is 2.19. The van der Waals surface area contributed by atoms with Crippen molar-refractivity contribution < 1.29 is 0 Å². The van der Waals surface area contributed by atoms with Crippen molar-refractivity contribution >= 4 is 5.70 Å². The van der Waals surface area contributed by atoms with Gasteiger partial charge in [-0.2, -0.15) is 0 Å². The molecule has 0 aromatic heterocycles. The van der Waals surface area contributed by atoms with E-state index in [-0.39, 0.29) is 0 Å². The summed E-state index contributed by atoms with van der Waals surface area (Å²) in [5.41, 5.74) is 11.5. The van der Waals surface area contributed by atoms with Gasteiger partial charge in [-0.1, -0.05) is 57.3 Å².